The molecule has 7 nitrogen and oxygen atoms in total. The van der Waals surface area contributed by atoms with E-state index in [0.717, 1.165) is 60.9 Å². The van der Waals surface area contributed by atoms with Gasteiger partial charge in [-0.05, 0) is 73.5 Å². The molecule has 1 saturated heterocycles. The van der Waals surface area contributed by atoms with E-state index in [2.05, 4.69) is 20.1 Å². The maximum Gasteiger partial charge on any atom is 0.416 e. The number of nitrogens with two attached hydrogens (primary N) is 1. The highest BCUT2D eigenvalue weighted by molar-refractivity contribution is 7.99. The summed E-state index contributed by atoms with van der Waals surface area (Å²) in [6.07, 6.45) is 0.383. The van der Waals surface area contributed by atoms with Crippen LogP contribution in [-0.2, 0) is 13.2 Å². The van der Waals surface area contributed by atoms with Crippen LogP contribution in [0.2, 0.25) is 0 Å². The maximum atomic E-state index is 12.8. The van der Waals surface area contributed by atoms with Gasteiger partial charge in [-0.15, -0.1) is 10.2 Å². The van der Waals surface area contributed by atoms with Crippen molar-refractivity contribution in [3.05, 3.63) is 59.4 Å². The molecule has 2 aliphatic rings. The van der Waals surface area contributed by atoms with E-state index in [1.807, 2.05) is 11.6 Å². The Hall–Kier alpha value is -2.92. The van der Waals surface area contributed by atoms with Crippen LogP contribution in [0.25, 0.3) is 11.4 Å². The lowest BCUT2D eigenvalue weighted by Gasteiger charge is -2.16. The van der Waals surface area contributed by atoms with Crippen LogP contribution in [0.1, 0.15) is 46.8 Å². The van der Waals surface area contributed by atoms with Gasteiger partial charge in [-0.1, -0.05) is 23.9 Å². The number of amides is 1. The van der Waals surface area contributed by atoms with E-state index in [0.29, 0.717) is 11.7 Å². The number of primary amides is 1. The molecule has 3 heterocycles. The molecule has 36 heavy (non-hydrogen) atoms. The Morgan fingerprint density at radius 2 is 2.00 bits per heavy atom. The molecule has 2 aromatic heterocycles. The van der Waals surface area contributed by atoms with Crippen molar-refractivity contribution >= 4 is 17.7 Å². The highest BCUT2D eigenvalue weighted by atomic mass is 32.2. The summed E-state index contributed by atoms with van der Waals surface area (Å²) in [6.45, 7) is 3.01. The third kappa shape index (κ3) is 4.99. The number of aromatic nitrogens is 4. The van der Waals surface area contributed by atoms with Crippen LogP contribution in [0.15, 0.2) is 47.8 Å². The predicted octanol–water partition coefficient (Wildman–Crippen LogP) is 4.36. The summed E-state index contributed by atoms with van der Waals surface area (Å²) in [7, 11) is 1.89. The second kappa shape index (κ2) is 9.51. The second-order valence-electron chi connectivity index (χ2n) is 9.63. The molecule has 190 valence electrons. The minimum atomic E-state index is -4.29. The van der Waals surface area contributed by atoms with E-state index in [1.54, 1.807) is 36.0 Å². The number of pyridine rings is 1. The molecule has 1 aliphatic carbocycles. The summed E-state index contributed by atoms with van der Waals surface area (Å²) in [5, 5.41) is 9.35. The summed E-state index contributed by atoms with van der Waals surface area (Å²) in [6, 6.07) is 9.08. The van der Waals surface area contributed by atoms with E-state index in [4.69, 9.17) is 5.73 Å². The van der Waals surface area contributed by atoms with Crippen LogP contribution in [0, 0.1) is 5.41 Å². The molecule has 2 atom stereocenters. The third-order valence-corrected chi connectivity index (χ3v) is 8.36. The SMILES string of the molecule is Cn1c(SCCCN2CCC3(CC3c3ccc(C(F)(F)F)cc3)C2)nnc1-c1ccnc(C(N)=O)c1. The quantitative estimate of drug-likeness (QED) is 0.354. The number of nitrogens with zero attached hydrogens (tertiary/aromatic N) is 5. The minimum absolute atomic E-state index is 0.185. The van der Waals surface area contributed by atoms with Gasteiger partial charge in [-0.2, -0.15) is 13.2 Å². The van der Waals surface area contributed by atoms with Crippen LogP contribution in [0.5, 0.6) is 0 Å². The fraction of sp³-hybridized carbons (Fsp3) is 0.440. The van der Waals surface area contributed by atoms with E-state index in [9.17, 15) is 18.0 Å². The fourth-order valence-corrected chi connectivity index (χ4v) is 6.03. The molecular formula is C25H27F3N6OS. The standard InChI is InChI=1S/C25H27F3N6OS/c1-33-22(17-7-9-30-20(13-17)21(29)35)31-32-23(33)36-12-2-10-34-11-8-24(15-34)14-19(24)16-3-5-18(6-4-16)25(26,27)28/h3-7,9,13,19H,2,8,10-12,14-15H2,1H3,(H2,29,35). The Kier molecular flexibility index (Phi) is 6.54. The summed E-state index contributed by atoms with van der Waals surface area (Å²) < 4.78 is 40.4. The van der Waals surface area contributed by atoms with Crippen LogP contribution in [-0.4, -0.2) is 55.9 Å². The normalized spacial score (nSPS) is 21.8. The average molecular weight is 517 g/mol. The largest absolute Gasteiger partial charge is 0.416 e. The van der Waals surface area contributed by atoms with Gasteiger partial charge in [-0.3, -0.25) is 9.78 Å². The zero-order valence-corrected chi connectivity index (χ0v) is 20.6. The Morgan fingerprint density at radius 1 is 1.22 bits per heavy atom. The first-order chi connectivity index (χ1) is 17.2. The second-order valence-corrected chi connectivity index (χ2v) is 10.7. The number of likely N-dealkylation sites (tertiary alicyclic amines) is 1. The average Bonchev–Trinajstić information content (AvgIpc) is 3.19. The maximum absolute atomic E-state index is 12.8. The lowest BCUT2D eigenvalue weighted by Crippen LogP contribution is -2.23. The molecule has 1 aliphatic heterocycles. The smallest absolute Gasteiger partial charge is 0.364 e. The summed E-state index contributed by atoms with van der Waals surface area (Å²) >= 11 is 1.64. The fourth-order valence-electron chi connectivity index (χ4n) is 5.20. The van der Waals surface area contributed by atoms with E-state index in [1.165, 1.54) is 18.3 Å². The Morgan fingerprint density at radius 3 is 2.72 bits per heavy atom. The number of rotatable bonds is 8. The van der Waals surface area contributed by atoms with Gasteiger partial charge >= 0.3 is 6.18 Å². The van der Waals surface area contributed by atoms with Crippen molar-refractivity contribution in [3.8, 4) is 11.4 Å². The first-order valence-corrected chi connectivity index (χ1v) is 12.8. The molecule has 5 rings (SSSR count). The van der Waals surface area contributed by atoms with Gasteiger partial charge in [0.15, 0.2) is 11.0 Å². The zero-order chi connectivity index (χ0) is 25.5. The molecule has 11 heteroatoms. The van der Waals surface area contributed by atoms with Gasteiger partial charge in [0, 0.05) is 31.1 Å². The predicted molar refractivity (Wildman–Crippen MR) is 130 cm³/mol. The monoisotopic (exact) mass is 516 g/mol. The van der Waals surface area contributed by atoms with Crippen LogP contribution in [0.4, 0.5) is 13.2 Å². The first kappa shape index (κ1) is 24.8. The number of alkyl halides is 3. The minimum Gasteiger partial charge on any atom is -0.364 e. The number of hydrogen-bond acceptors (Lipinski definition) is 6. The van der Waals surface area contributed by atoms with Crippen molar-refractivity contribution in [1.82, 2.24) is 24.6 Å². The van der Waals surface area contributed by atoms with Gasteiger partial charge in [0.05, 0.1) is 5.56 Å². The van der Waals surface area contributed by atoms with Gasteiger partial charge in [-0.25, -0.2) is 0 Å². The number of hydrogen-bond donors (Lipinski definition) is 1. The number of carbonyl (C=O) groups is 1. The highest BCUT2D eigenvalue weighted by Gasteiger charge is 2.57. The van der Waals surface area contributed by atoms with Crippen molar-refractivity contribution in [2.75, 3.05) is 25.4 Å². The number of halogens is 3. The summed E-state index contributed by atoms with van der Waals surface area (Å²) in [5.74, 6) is 1.31. The van der Waals surface area contributed by atoms with Crippen LogP contribution >= 0.6 is 11.8 Å². The van der Waals surface area contributed by atoms with Gasteiger partial charge in [0.2, 0.25) is 0 Å². The van der Waals surface area contributed by atoms with E-state index in [-0.39, 0.29) is 11.1 Å². The zero-order valence-electron chi connectivity index (χ0n) is 19.8. The van der Waals surface area contributed by atoms with E-state index >= 15 is 0 Å². The molecule has 1 spiro atoms. The molecule has 2 fully saturated rings. The number of thioether (sulfide) groups is 1. The molecule has 1 aromatic carbocycles. The Labute approximate surface area is 211 Å². The van der Waals surface area contributed by atoms with Crippen molar-refractivity contribution in [2.24, 2.45) is 18.2 Å². The topological polar surface area (TPSA) is 89.9 Å². The van der Waals surface area contributed by atoms with Gasteiger partial charge < -0.3 is 15.2 Å². The molecular weight excluding hydrogens is 489 g/mol. The summed E-state index contributed by atoms with van der Waals surface area (Å²) in [4.78, 5) is 17.8. The molecule has 0 bridgehead atoms. The van der Waals surface area contributed by atoms with Gasteiger partial charge in [0.1, 0.15) is 5.69 Å². The summed E-state index contributed by atoms with van der Waals surface area (Å²) in [5.41, 5.74) is 6.90. The lowest BCUT2D eigenvalue weighted by molar-refractivity contribution is -0.137. The third-order valence-electron chi connectivity index (χ3n) is 7.25. The molecule has 1 amide bonds. The highest BCUT2D eigenvalue weighted by Crippen LogP contribution is 2.64. The van der Waals surface area contributed by atoms with Crippen molar-refractivity contribution in [2.45, 2.75) is 36.5 Å². The lowest BCUT2D eigenvalue weighted by atomic mass is 9.97. The molecule has 2 unspecified atom stereocenters. The van der Waals surface area contributed by atoms with E-state index < -0.39 is 17.6 Å². The Bertz CT molecular complexity index is 1260. The Balaban J connectivity index is 1.10. The first-order valence-electron chi connectivity index (χ1n) is 11.8. The molecule has 2 N–H and O–H groups in total. The molecule has 0 radical (unpaired) electrons. The molecule has 1 saturated carbocycles. The van der Waals surface area contributed by atoms with Crippen molar-refractivity contribution in [3.63, 3.8) is 0 Å². The molecule has 3 aromatic rings. The van der Waals surface area contributed by atoms with Gasteiger partial charge in [0.25, 0.3) is 5.91 Å². The van der Waals surface area contributed by atoms with Crippen molar-refractivity contribution < 1.29 is 18.0 Å². The number of carbonyl (C=O) groups excluding carboxylic acids is 1. The van der Waals surface area contributed by atoms with Crippen LogP contribution in [0.3, 0.4) is 0 Å². The van der Waals surface area contributed by atoms with Crippen LogP contribution < -0.4 is 5.73 Å². The number of benzene rings is 1. The van der Waals surface area contributed by atoms with Crippen molar-refractivity contribution in [1.29, 1.82) is 0 Å².